The van der Waals surface area contributed by atoms with Crippen LogP contribution in [0.3, 0.4) is 0 Å². The zero-order valence-corrected chi connectivity index (χ0v) is 14.7. The van der Waals surface area contributed by atoms with Gasteiger partial charge in [-0.05, 0) is 54.3 Å². The van der Waals surface area contributed by atoms with Crippen LogP contribution in [0.2, 0.25) is 0 Å². The molecule has 0 spiro atoms. The molecule has 0 saturated heterocycles. The molecular formula is C20H18N2O2S. The summed E-state index contributed by atoms with van der Waals surface area (Å²) in [7, 11) is 0. The molecule has 1 fully saturated rings. The molecule has 0 radical (unpaired) electrons. The molecule has 0 atom stereocenters. The maximum absolute atomic E-state index is 12.6. The normalized spacial score (nSPS) is 13.6. The van der Waals surface area contributed by atoms with Crippen LogP contribution < -0.4 is 10.6 Å². The summed E-state index contributed by atoms with van der Waals surface area (Å²) in [5.74, 6) is 0.0599. The summed E-state index contributed by atoms with van der Waals surface area (Å²) in [6.45, 7) is 1.89. The van der Waals surface area contributed by atoms with E-state index in [-0.39, 0.29) is 17.7 Å². The molecule has 2 aromatic carbocycles. The summed E-state index contributed by atoms with van der Waals surface area (Å²) in [6.07, 6.45) is 1.93. The number of fused-ring (bicyclic) bond motifs is 1. The number of amides is 2. The van der Waals surface area contributed by atoms with Crippen molar-refractivity contribution in [1.82, 2.24) is 0 Å². The van der Waals surface area contributed by atoms with E-state index >= 15 is 0 Å². The van der Waals surface area contributed by atoms with Gasteiger partial charge in [0.15, 0.2) is 0 Å². The fourth-order valence-electron chi connectivity index (χ4n) is 2.79. The molecule has 1 heterocycles. The first kappa shape index (κ1) is 15.8. The summed E-state index contributed by atoms with van der Waals surface area (Å²) in [5.41, 5.74) is 1.63. The van der Waals surface area contributed by atoms with Crippen LogP contribution in [-0.2, 0) is 4.79 Å². The molecule has 5 heteroatoms. The van der Waals surface area contributed by atoms with Crippen molar-refractivity contribution in [3.63, 3.8) is 0 Å². The van der Waals surface area contributed by atoms with Crippen LogP contribution in [-0.4, -0.2) is 11.8 Å². The molecule has 4 nitrogen and oxygen atoms in total. The van der Waals surface area contributed by atoms with E-state index in [1.165, 1.54) is 11.3 Å². The number of hydrogen-bond acceptors (Lipinski definition) is 3. The highest BCUT2D eigenvalue weighted by Gasteiger charge is 2.30. The third-order valence-corrected chi connectivity index (χ3v) is 5.48. The highest BCUT2D eigenvalue weighted by atomic mass is 32.1. The number of hydrogen-bond donors (Lipinski definition) is 2. The Balaban J connectivity index is 1.51. The monoisotopic (exact) mass is 350 g/mol. The van der Waals surface area contributed by atoms with Crippen molar-refractivity contribution in [2.45, 2.75) is 19.8 Å². The second-order valence-corrected chi connectivity index (χ2v) is 7.45. The van der Waals surface area contributed by atoms with Crippen molar-refractivity contribution >= 4 is 44.6 Å². The molecule has 126 valence electrons. The lowest BCUT2D eigenvalue weighted by Crippen LogP contribution is -2.12. The number of anilines is 2. The zero-order chi connectivity index (χ0) is 17.4. The van der Waals surface area contributed by atoms with Crippen LogP contribution >= 0.6 is 11.3 Å². The quantitative estimate of drug-likeness (QED) is 0.709. The van der Waals surface area contributed by atoms with Gasteiger partial charge in [0.25, 0.3) is 5.91 Å². The highest BCUT2D eigenvalue weighted by molar-refractivity contribution is 7.18. The summed E-state index contributed by atoms with van der Waals surface area (Å²) in [5, 5.41) is 8.81. The predicted molar refractivity (Wildman–Crippen MR) is 102 cm³/mol. The summed E-state index contributed by atoms with van der Waals surface area (Å²) < 4.78 is 0. The largest absolute Gasteiger partial charge is 0.321 e. The van der Waals surface area contributed by atoms with Gasteiger partial charge >= 0.3 is 0 Å². The Labute approximate surface area is 149 Å². The number of rotatable bonds is 4. The van der Waals surface area contributed by atoms with Gasteiger partial charge in [0.1, 0.15) is 0 Å². The van der Waals surface area contributed by atoms with Crippen molar-refractivity contribution in [2.24, 2.45) is 5.92 Å². The van der Waals surface area contributed by atoms with Crippen molar-refractivity contribution in [1.29, 1.82) is 0 Å². The van der Waals surface area contributed by atoms with Gasteiger partial charge in [-0.1, -0.05) is 30.3 Å². The molecule has 2 amide bonds. The maximum Gasteiger partial charge on any atom is 0.266 e. The van der Waals surface area contributed by atoms with Gasteiger partial charge in [0.2, 0.25) is 5.91 Å². The van der Waals surface area contributed by atoms with Crippen LogP contribution in [0.4, 0.5) is 10.7 Å². The number of benzene rings is 2. The molecule has 0 bridgehead atoms. The van der Waals surface area contributed by atoms with Crippen molar-refractivity contribution in [2.75, 3.05) is 10.6 Å². The molecule has 1 aliphatic carbocycles. The zero-order valence-electron chi connectivity index (χ0n) is 13.8. The lowest BCUT2D eigenvalue weighted by molar-refractivity contribution is -0.117. The van der Waals surface area contributed by atoms with Gasteiger partial charge in [-0.15, -0.1) is 11.3 Å². The van der Waals surface area contributed by atoms with E-state index in [1.807, 2.05) is 55.5 Å². The SMILES string of the molecule is Cc1cc(NC(=O)C2CC2)sc1C(=O)Nc1ccc2ccccc2c1. The number of aryl methyl sites for hydroxylation is 1. The van der Waals surface area contributed by atoms with Gasteiger partial charge in [0, 0.05) is 11.6 Å². The number of carbonyl (C=O) groups is 2. The first-order chi connectivity index (χ1) is 12.1. The molecule has 1 aliphatic rings. The lowest BCUT2D eigenvalue weighted by Gasteiger charge is -2.06. The summed E-state index contributed by atoms with van der Waals surface area (Å²) >= 11 is 1.32. The van der Waals surface area contributed by atoms with Crippen molar-refractivity contribution < 1.29 is 9.59 Å². The fourth-order valence-corrected chi connectivity index (χ4v) is 3.76. The van der Waals surface area contributed by atoms with Crippen LogP contribution in [0.1, 0.15) is 28.1 Å². The van der Waals surface area contributed by atoms with Crippen molar-refractivity contribution in [3.8, 4) is 0 Å². The number of thiophene rings is 1. The van der Waals surface area contributed by atoms with Gasteiger partial charge in [-0.25, -0.2) is 0 Å². The van der Waals surface area contributed by atoms with Crippen LogP contribution in [0, 0.1) is 12.8 Å². The molecular weight excluding hydrogens is 332 g/mol. The average molecular weight is 350 g/mol. The minimum atomic E-state index is -0.148. The highest BCUT2D eigenvalue weighted by Crippen LogP contribution is 2.33. The predicted octanol–water partition coefficient (Wildman–Crippen LogP) is 4.81. The Bertz CT molecular complexity index is 973. The molecule has 3 aromatic rings. The Morgan fingerprint density at radius 3 is 2.52 bits per heavy atom. The van der Waals surface area contributed by atoms with Gasteiger partial charge in [-0.2, -0.15) is 0 Å². The first-order valence-corrected chi connectivity index (χ1v) is 9.13. The van der Waals surface area contributed by atoms with Gasteiger partial charge in [0.05, 0.1) is 9.88 Å². The van der Waals surface area contributed by atoms with E-state index in [0.717, 1.165) is 39.9 Å². The van der Waals surface area contributed by atoms with Gasteiger partial charge < -0.3 is 10.6 Å². The van der Waals surface area contributed by atoms with Crippen LogP contribution in [0.15, 0.2) is 48.5 Å². The Kier molecular flexibility index (Phi) is 4.01. The minimum absolute atomic E-state index is 0.0581. The van der Waals surface area contributed by atoms with Crippen LogP contribution in [0.5, 0.6) is 0 Å². The number of carbonyl (C=O) groups excluding carboxylic acids is 2. The Morgan fingerprint density at radius 1 is 1.00 bits per heavy atom. The van der Waals surface area contributed by atoms with Gasteiger partial charge in [-0.3, -0.25) is 9.59 Å². The molecule has 1 saturated carbocycles. The molecule has 0 unspecified atom stereocenters. The average Bonchev–Trinajstić information content (AvgIpc) is 3.39. The topological polar surface area (TPSA) is 58.2 Å². The third kappa shape index (κ3) is 3.42. The Hall–Kier alpha value is -2.66. The minimum Gasteiger partial charge on any atom is -0.321 e. The standard InChI is InChI=1S/C20H18N2O2S/c1-12-10-17(22-19(23)14-6-7-14)25-18(12)20(24)21-16-9-8-13-4-2-3-5-15(13)11-16/h2-5,8-11,14H,6-7H2,1H3,(H,21,24)(H,22,23). The molecule has 0 aliphatic heterocycles. The van der Waals surface area contributed by atoms with E-state index in [4.69, 9.17) is 0 Å². The number of nitrogens with one attached hydrogen (secondary N) is 2. The fraction of sp³-hybridized carbons (Fsp3) is 0.200. The third-order valence-electron chi connectivity index (χ3n) is 4.33. The van der Waals surface area contributed by atoms with E-state index in [0.29, 0.717) is 4.88 Å². The molecule has 2 N–H and O–H groups in total. The van der Waals surface area contributed by atoms with Crippen molar-refractivity contribution in [3.05, 3.63) is 59.0 Å². The Morgan fingerprint density at radius 2 is 1.76 bits per heavy atom. The summed E-state index contributed by atoms with van der Waals surface area (Å²) in [4.78, 5) is 25.1. The van der Waals surface area contributed by atoms with E-state index in [1.54, 1.807) is 0 Å². The van der Waals surface area contributed by atoms with E-state index in [2.05, 4.69) is 10.6 Å². The molecule has 1 aromatic heterocycles. The van der Waals surface area contributed by atoms with E-state index in [9.17, 15) is 9.59 Å². The smallest absolute Gasteiger partial charge is 0.266 e. The molecule has 4 rings (SSSR count). The molecule has 25 heavy (non-hydrogen) atoms. The van der Waals surface area contributed by atoms with Crippen LogP contribution in [0.25, 0.3) is 10.8 Å². The first-order valence-electron chi connectivity index (χ1n) is 8.31. The summed E-state index contributed by atoms with van der Waals surface area (Å²) in [6, 6.07) is 15.8. The van der Waals surface area contributed by atoms with E-state index < -0.39 is 0 Å². The second-order valence-electron chi connectivity index (χ2n) is 6.40. The lowest BCUT2D eigenvalue weighted by atomic mass is 10.1. The second kappa shape index (κ2) is 6.33. The maximum atomic E-state index is 12.6.